The summed E-state index contributed by atoms with van der Waals surface area (Å²) < 4.78 is 11.0. The molecular formula is C20H23NO5. The lowest BCUT2D eigenvalue weighted by atomic mass is 10.0. The van der Waals surface area contributed by atoms with Crippen molar-refractivity contribution in [1.29, 1.82) is 0 Å². The van der Waals surface area contributed by atoms with Crippen molar-refractivity contribution in [3.05, 3.63) is 60.2 Å². The predicted molar refractivity (Wildman–Crippen MR) is 97.3 cm³/mol. The van der Waals surface area contributed by atoms with Crippen LogP contribution in [-0.4, -0.2) is 29.7 Å². The summed E-state index contributed by atoms with van der Waals surface area (Å²) in [6.07, 6.45) is -0.174. The van der Waals surface area contributed by atoms with E-state index < -0.39 is 12.0 Å². The van der Waals surface area contributed by atoms with E-state index in [1.54, 1.807) is 48.5 Å². The number of carboxylic acids is 1. The molecule has 0 aromatic heterocycles. The Morgan fingerprint density at radius 2 is 1.65 bits per heavy atom. The highest BCUT2D eigenvalue weighted by atomic mass is 16.5. The third kappa shape index (κ3) is 6.47. The van der Waals surface area contributed by atoms with Gasteiger partial charge in [0.1, 0.15) is 11.5 Å². The topological polar surface area (TPSA) is 84.9 Å². The van der Waals surface area contributed by atoms with Crippen LogP contribution in [0.1, 0.15) is 31.9 Å². The molecule has 2 N–H and O–H groups in total. The van der Waals surface area contributed by atoms with Crippen molar-refractivity contribution in [2.75, 3.05) is 6.61 Å². The van der Waals surface area contributed by atoms with Crippen LogP contribution in [-0.2, 0) is 9.59 Å². The quantitative estimate of drug-likeness (QED) is 0.720. The van der Waals surface area contributed by atoms with Crippen molar-refractivity contribution < 1.29 is 24.2 Å². The van der Waals surface area contributed by atoms with Crippen LogP contribution < -0.4 is 14.8 Å². The van der Waals surface area contributed by atoms with E-state index in [-0.39, 0.29) is 25.0 Å². The summed E-state index contributed by atoms with van der Waals surface area (Å²) in [4.78, 5) is 23.3. The molecule has 6 heteroatoms. The van der Waals surface area contributed by atoms with Crippen LogP contribution in [0.4, 0.5) is 0 Å². The Bertz CT molecular complexity index is 713. The fraction of sp³-hybridized carbons (Fsp3) is 0.300. The number of carbonyl (C=O) groups excluding carboxylic acids is 1. The Morgan fingerprint density at radius 1 is 1.00 bits per heavy atom. The number of para-hydroxylation sites is 1. The fourth-order valence-electron chi connectivity index (χ4n) is 2.38. The molecule has 0 heterocycles. The van der Waals surface area contributed by atoms with Gasteiger partial charge in [0.25, 0.3) is 5.91 Å². The van der Waals surface area contributed by atoms with Gasteiger partial charge in [0.15, 0.2) is 6.61 Å². The maximum atomic E-state index is 12.1. The molecule has 1 amide bonds. The van der Waals surface area contributed by atoms with Gasteiger partial charge in [0, 0.05) is 0 Å². The first kappa shape index (κ1) is 19.3. The number of amides is 1. The standard InChI is InChI=1S/C20H23NO5/c1-14(2)26-17-10-8-15(9-11-17)18(12-20(23)24)21-19(22)13-25-16-6-4-3-5-7-16/h3-11,14,18H,12-13H2,1-2H3,(H,21,22)(H,23,24). The van der Waals surface area contributed by atoms with E-state index in [1.165, 1.54) is 0 Å². The van der Waals surface area contributed by atoms with E-state index in [0.29, 0.717) is 17.1 Å². The van der Waals surface area contributed by atoms with E-state index in [1.807, 2.05) is 19.9 Å². The smallest absolute Gasteiger partial charge is 0.305 e. The summed E-state index contributed by atoms with van der Waals surface area (Å²) >= 11 is 0. The largest absolute Gasteiger partial charge is 0.491 e. The predicted octanol–water partition coefficient (Wildman–Crippen LogP) is 3.18. The van der Waals surface area contributed by atoms with Crippen LogP contribution in [0.25, 0.3) is 0 Å². The SMILES string of the molecule is CC(C)Oc1ccc(C(CC(=O)O)NC(=O)COc2ccccc2)cc1. The average molecular weight is 357 g/mol. The molecule has 0 aliphatic carbocycles. The summed E-state index contributed by atoms with van der Waals surface area (Å²) in [6, 6.07) is 15.3. The maximum absolute atomic E-state index is 12.1. The zero-order valence-corrected chi connectivity index (χ0v) is 14.8. The molecule has 0 aliphatic rings. The molecule has 1 unspecified atom stereocenters. The molecule has 0 spiro atoms. The minimum atomic E-state index is -0.998. The van der Waals surface area contributed by atoms with Crippen molar-refractivity contribution in [1.82, 2.24) is 5.32 Å². The van der Waals surface area contributed by atoms with E-state index in [2.05, 4.69) is 5.32 Å². The van der Waals surface area contributed by atoms with Gasteiger partial charge >= 0.3 is 5.97 Å². The Kier molecular flexibility index (Phi) is 7.02. The number of ether oxygens (including phenoxy) is 2. The molecule has 0 radical (unpaired) electrons. The Balaban J connectivity index is 1.99. The molecule has 0 saturated carbocycles. The molecule has 0 fully saturated rings. The summed E-state index contributed by atoms with van der Waals surface area (Å²) in [5, 5.41) is 11.8. The number of hydrogen-bond acceptors (Lipinski definition) is 4. The Labute approximate surface area is 152 Å². The van der Waals surface area contributed by atoms with Gasteiger partial charge in [-0.25, -0.2) is 0 Å². The van der Waals surface area contributed by atoms with Crippen LogP contribution in [0.5, 0.6) is 11.5 Å². The highest BCUT2D eigenvalue weighted by molar-refractivity contribution is 5.79. The van der Waals surface area contributed by atoms with Crippen LogP contribution in [0.15, 0.2) is 54.6 Å². The molecule has 2 aromatic rings. The number of hydrogen-bond donors (Lipinski definition) is 2. The number of aliphatic carboxylic acids is 1. The number of carboxylic acid groups (broad SMARTS) is 1. The lowest BCUT2D eigenvalue weighted by Gasteiger charge is -2.18. The number of nitrogens with one attached hydrogen (secondary N) is 1. The molecule has 1 atom stereocenters. The zero-order valence-electron chi connectivity index (χ0n) is 14.8. The van der Waals surface area contributed by atoms with Gasteiger partial charge in [-0.1, -0.05) is 30.3 Å². The van der Waals surface area contributed by atoms with Crippen molar-refractivity contribution in [2.45, 2.75) is 32.4 Å². The third-order valence-electron chi connectivity index (χ3n) is 3.48. The first-order valence-electron chi connectivity index (χ1n) is 8.39. The van der Waals surface area contributed by atoms with E-state index >= 15 is 0 Å². The number of rotatable bonds is 9. The van der Waals surface area contributed by atoms with Crippen LogP contribution in [0.2, 0.25) is 0 Å². The van der Waals surface area contributed by atoms with Crippen LogP contribution >= 0.6 is 0 Å². The maximum Gasteiger partial charge on any atom is 0.305 e. The molecule has 2 aromatic carbocycles. The fourth-order valence-corrected chi connectivity index (χ4v) is 2.38. The van der Waals surface area contributed by atoms with Crippen LogP contribution in [0.3, 0.4) is 0 Å². The average Bonchev–Trinajstić information content (AvgIpc) is 2.60. The van der Waals surface area contributed by atoms with Crippen LogP contribution in [0, 0.1) is 0 Å². The van der Waals surface area contributed by atoms with Gasteiger partial charge in [-0.05, 0) is 43.7 Å². The molecule has 0 saturated heterocycles. The summed E-state index contributed by atoms with van der Waals surface area (Å²) in [7, 11) is 0. The zero-order chi connectivity index (χ0) is 18.9. The van der Waals surface area contributed by atoms with Crippen molar-refractivity contribution in [2.24, 2.45) is 0 Å². The highest BCUT2D eigenvalue weighted by Gasteiger charge is 2.18. The van der Waals surface area contributed by atoms with Crippen molar-refractivity contribution >= 4 is 11.9 Å². The van der Waals surface area contributed by atoms with Gasteiger partial charge in [0.05, 0.1) is 18.6 Å². The van der Waals surface area contributed by atoms with Gasteiger partial charge in [-0.3, -0.25) is 9.59 Å². The van der Waals surface area contributed by atoms with Gasteiger partial charge < -0.3 is 19.9 Å². The molecule has 6 nitrogen and oxygen atoms in total. The normalized spacial score (nSPS) is 11.7. The molecule has 138 valence electrons. The third-order valence-corrected chi connectivity index (χ3v) is 3.48. The highest BCUT2D eigenvalue weighted by Crippen LogP contribution is 2.21. The van der Waals surface area contributed by atoms with Gasteiger partial charge in [-0.15, -0.1) is 0 Å². The second kappa shape index (κ2) is 9.46. The minimum absolute atomic E-state index is 0.0468. The van der Waals surface area contributed by atoms with E-state index in [9.17, 15) is 9.59 Å². The Morgan fingerprint density at radius 3 is 2.23 bits per heavy atom. The van der Waals surface area contributed by atoms with Gasteiger partial charge in [-0.2, -0.15) is 0 Å². The molecular weight excluding hydrogens is 334 g/mol. The second-order valence-corrected chi connectivity index (χ2v) is 6.06. The number of carbonyl (C=O) groups is 2. The number of benzene rings is 2. The van der Waals surface area contributed by atoms with Crippen molar-refractivity contribution in [3.63, 3.8) is 0 Å². The van der Waals surface area contributed by atoms with Gasteiger partial charge in [0.2, 0.25) is 0 Å². The van der Waals surface area contributed by atoms with Crippen molar-refractivity contribution in [3.8, 4) is 11.5 Å². The molecule has 0 aliphatic heterocycles. The summed E-state index contributed by atoms with van der Waals surface area (Å²) in [6.45, 7) is 3.66. The first-order valence-corrected chi connectivity index (χ1v) is 8.39. The minimum Gasteiger partial charge on any atom is -0.491 e. The summed E-state index contributed by atoms with van der Waals surface area (Å²) in [5.41, 5.74) is 0.691. The van der Waals surface area contributed by atoms with E-state index in [0.717, 1.165) is 0 Å². The first-order chi connectivity index (χ1) is 12.4. The summed E-state index contributed by atoms with van der Waals surface area (Å²) in [5.74, 6) is -0.117. The van der Waals surface area contributed by atoms with E-state index in [4.69, 9.17) is 14.6 Å². The Hall–Kier alpha value is -3.02. The second-order valence-electron chi connectivity index (χ2n) is 6.06. The monoisotopic (exact) mass is 357 g/mol. The lowest BCUT2D eigenvalue weighted by molar-refractivity contribution is -0.137. The molecule has 2 rings (SSSR count). The lowest BCUT2D eigenvalue weighted by Crippen LogP contribution is -2.33. The molecule has 26 heavy (non-hydrogen) atoms. The molecule has 0 bridgehead atoms.